The van der Waals surface area contributed by atoms with E-state index in [-0.39, 0.29) is 18.2 Å². The normalized spacial score (nSPS) is 11.9. The van der Waals surface area contributed by atoms with Crippen molar-refractivity contribution in [3.8, 4) is 5.75 Å². The van der Waals surface area contributed by atoms with Crippen LogP contribution < -0.4 is 10.1 Å². The van der Waals surface area contributed by atoms with E-state index >= 15 is 0 Å². The third-order valence-electron chi connectivity index (χ3n) is 2.33. The minimum absolute atomic E-state index is 0.0412. The summed E-state index contributed by atoms with van der Waals surface area (Å²) < 4.78 is 18.1. The molecule has 0 saturated carbocycles. The Morgan fingerprint density at radius 1 is 1.59 bits per heavy atom. The van der Waals surface area contributed by atoms with Gasteiger partial charge in [-0.05, 0) is 18.1 Å². The van der Waals surface area contributed by atoms with E-state index in [0.29, 0.717) is 18.0 Å². The third-order valence-corrected chi connectivity index (χ3v) is 2.33. The number of ether oxygens (including phenoxy) is 1. The Morgan fingerprint density at radius 2 is 2.29 bits per heavy atom. The van der Waals surface area contributed by atoms with Crippen molar-refractivity contribution in [1.82, 2.24) is 0 Å². The Hall–Kier alpha value is -1.78. The summed E-state index contributed by atoms with van der Waals surface area (Å²) in [7, 11) is 1.50. The highest BCUT2D eigenvalue weighted by Gasteiger charge is 2.09. The zero-order valence-electron chi connectivity index (χ0n) is 9.87. The second-order valence-electron chi connectivity index (χ2n) is 3.93. The molecule has 1 unspecified atom stereocenters. The van der Waals surface area contributed by atoms with Crippen molar-refractivity contribution < 1.29 is 19.0 Å². The van der Waals surface area contributed by atoms with E-state index in [4.69, 9.17) is 9.84 Å². The highest BCUT2D eigenvalue weighted by atomic mass is 19.1. The smallest absolute Gasteiger partial charge is 0.303 e. The van der Waals surface area contributed by atoms with E-state index in [9.17, 15) is 9.18 Å². The van der Waals surface area contributed by atoms with Gasteiger partial charge in [0.2, 0.25) is 0 Å². The van der Waals surface area contributed by atoms with Gasteiger partial charge >= 0.3 is 5.97 Å². The molecule has 4 nitrogen and oxygen atoms in total. The molecule has 0 fully saturated rings. The Kier molecular flexibility index (Phi) is 4.75. The fourth-order valence-corrected chi connectivity index (χ4v) is 1.47. The van der Waals surface area contributed by atoms with Crippen molar-refractivity contribution in [3.05, 3.63) is 24.0 Å². The van der Waals surface area contributed by atoms with Gasteiger partial charge < -0.3 is 15.2 Å². The van der Waals surface area contributed by atoms with Crippen LogP contribution in [0.15, 0.2) is 18.2 Å². The Balaban J connectivity index is 2.61. The SMILES string of the molecule is COc1ccc(F)cc1NCC(C)CC(=O)O. The van der Waals surface area contributed by atoms with E-state index in [0.717, 1.165) is 0 Å². The maximum absolute atomic E-state index is 13.0. The molecule has 0 aliphatic carbocycles. The fourth-order valence-electron chi connectivity index (χ4n) is 1.47. The first-order chi connectivity index (χ1) is 8.02. The van der Waals surface area contributed by atoms with Crippen LogP contribution in [-0.2, 0) is 4.79 Å². The number of hydrogen-bond acceptors (Lipinski definition) is 3. The Bertz CT molecular complexity index is 395. The van der Waals surface area contributed by atoms with Gasteiger partial charge in [-0.1, -0.05) is 6.92 Å². The van der Waals surface area contributed by atoms with Gasteiger partial charge in [0.1, 0.15) is 11.6 Å². The number of aliphatic carboxylic acids is 1. The van der Waals surface area contributed by atoms with Gasteiger partial charge in [-0.2, -0.15) is 0 Å². The molecule has 0 aliphatic rings. The van der Waals surface area contributed by atoms with Gasteiger partial charge in [0.05, 0.1) is 12.8 Å². The summed E-state index contributed by atoms with van der Waals surface area (Å²) in [5.41, 5.74) is 0.532. The monoisotopic (exact) mass is 241 g/mol. The summed E-state index contributed by atoms with van der Waals surface area (Å²) in [5, 5.41) is 11.6. The topological polar surface area (TPSA) is 58.6 Å². The maximum Gasteiger partial charge on any atom is 0.303 e. The lowest BCUT2D eigenvalue weighted by atomic mass is 10.1. The second-order valence-corrected chi connectivity index (χ2v) is 3.93. The van der Waals surface area contributed by atoms with Crippen LogP contribution in [0.25, 0.3) is 0 Å². The minimum atomic E-state index is -0.842. The van der Waals surface area contributed by atoms with Crippen LogP contribution in [-0.4, -0.2) is 24.7 Å². The number of carbonyl (C=O) groups is 1. The van der Waals surface area contributed by atoms with Gasteiger partial charge in [0.15, 0.2) is 0 Å². The Morgan fingerprint density at radius 3 is 2.88 bits per heavy atom. The largest absolute Gasteiger partial charge is 0.495 e. The van der Waals surface area contributed by atoms with Gasteiger partial charge in [-0.25, -0.2) is 4.39 Å². The number of carboxylic acids is 1. The van der Waals surface area contributed by atoms with Crippen molar-refractivity contribution >= 4 is 11.7 Å². The molecule has 0 aliphatic heterocycles. The van der Waals surface area contributed by atoms with Crippen LogP contribution in [0.3, 0.4) is 0 Å². The molecule has 0 amide bonds. The summed E-state index contributed by atoms with van der Waals surface area (Å²) in [6, 6.07) is 4.16. The number of nitrogens with one attached hydrogen (secondary N) is 1. The fraction of sp³-hybridized carbons (Fsp3) is 0.417. The third kappa shape index (κ3) is 4.30. The van der Waals surface area contributed by atoms with E-state index in [1.165, 1.54) is 25.3 Å². The van der Waals surface area contributed by atoms with Crippen LogP contribution in [0.4, 0.5) is 10.1 Å². The van der Waals surface area contributed by atoms with Crippen LogP contribution in [0, 0.1) is 11.7 Å². The minimum Gasteiger partial charge on any atom is -0.495 e. The highest BCUT2D eigenvalue weighted by molar-refractivity contribution is 5.67. The van der Waals surface area contributed by atoms with Crippen molar-refractivity contribution in [3.63, 3.8) is 0 Å². The molecule has 1 aromatic rings. The molecule has 17 heavy (non-hydrogen) atoms. The summed E-state index contributed by atoms with van der Waals surface area (Å²) in [6.45, 7) is 2.26. The molecule has 0 radical (unpaired) electrons. The number of carboxylic acid groups (broad SMARTS) is 1. The molecule has 1 atom stereocenters. The number of benzene rings is 1. The summed E-state index contributed by atoms with van der Waals surface area (Å²) >= 11 is 0. The average Bonchev–Trinajstić information content (AvgIpc) is 2.25. The molecule has 1 aromatic carbocycles. The first-order valence-electron chi connectivity index (χ1n) is 5.32. The number of anilines is 1. The first-order valence-corrected chi connectivity index (χ1v) is 5.32. The quantitative estimate of drug-likeness (QED) is 0.802. The number of halogens is 1. The lowest BCUT2D eigenvalue weighted by Gasteiger charge is -2.14. The number of methoxy groups -OCH3 is 1. The number of rotatable bonds is 6. The standard InChI is InChI=1S/C12H16FNO3/c1-8(5-12(15)16)7-14-10-6-9(13)3-4-11(10)17-2/h3-4,6,8,14H,5,7H2,1-2H3,(H,15,16). The number of hydrogen-bond donors (Lipinski definition) is 2. The van der Waals surface area contributed by atoms with Gasteiger partial charge in [0, 0.05) is 19.0 Å². The molecule has 2 N–H and O–H groups in total. The van der Waals surface area contributed by atoms with Gasteiger partial charge in [-0.3, -0.25) is 4.79 Å². The molecule has 0 heterocycles. The van der Waals surface area contributed by atoms with Crippen LogP contribution >= 0.6 is 0 Å². The summed E-state index contributed by atoms with van der Waals surface area (Å²) in [4.78, 5) is 10.5. The summed E-state index contributed by atoms with van der Waals surface area (Å²) in [6.07, 6.45) is 0.0740. The zero-order chi connectivity index (χ0) is 12.8. The van der Waals surface area contributed by atoms with E-state index in [1.54, 1.807) is 0 Å². The molecular formula is C12H16FNO3. The predicted molar refractivity (Wildman–Crippen MR) is 62.9 cm³/mol. The molecular weight excluding hydrogens is 225 g/mol. The summed E-state index contributed by atoms with van der Waals surface area (Å²) in [5.74, 6) is -0.709. The molecule has 0 bridgehead atoms. The van der Waals surface area contributed by atoms with Crippen molar-refractivity contribution in [2.24, 2.45) is 5.92 Å². The molecule has 94 valence electrons. The van der Waals surface area contributed by atoms with Crippen LogP contribution in [0.5, 0.6) is 5.75 Å². The van der Waals surface area contributed by atoms with Crippen LogP contribution in [0.1, 0.15) is 13.3 Å². The van der Waals surface area contributed by atoms with Crippen LogP contribution in [0.2, 0.25) is 0 Å². The van der Waals surface area contributed by atoms with E-state index in [2.05, 4.69) is 5.32 Å². The van der Waals surface area contributed by atoms with Crippen molar-refractivity contribution in [2.45, 2.75) is 13.3 Å². The molecule has 1 rings (SSSR count). The van der Waals surface area contributed by atoms with E-state index in [1.807, 2.05) is 6.92 Å². The van der Waals surface area contributed by atoms with Crippen molar-refractivity contribution in [1.29, 1.82) is 0 Å². The van der Waals surface area contributed by atoms with E-state index < -0.39 is 5.97 Å². The maximum atomic E-state index is 13.0. The van der Waals surface area contributed by atoms with Gasteiger partial charge in [-0.15, -0.1) is 0 Å². The predicted octanol–water partition coefficient (Wildman–Crippen LogP) is 2.36. The molecule has 0 saturated heterocycles. The zero-order valence-corrected chi connectivity index (χ0v) is 9.87. The van der Waals surface area contributed by atoms with Crippen molar-refractivity contribution in [2.75, 3.05) is 19.0 Å². The second kappa shape index (κ2) is 6.08. The molecule has 5 heteroatoms. The molecule has 0 spiro atoms. The lowest BCUT2D eigenvalue weighted by Crippen LogP contribution is -2.15. The average molecular weight is 241 g/mol. The van der Waals surface area contributed by atoms with Gasteiger partial charge in [0.25, 0.3) is 0 Å². The molecule has 0 aromatic heterocycles. The highest BCUT2D eigenvalue weighted by Crippen LogP contribution is 2.25. The Labute approximate surface area is 99.4 Å². The lowest BCUT2D eigenvalue weighted by molar-refractivity contribution is -0.137. The first kappa shape index (κ1) is 13.3.